The number of nitrogens with one attached hydrogen (secondary N) is 1. The van der Waals surface area contributed by atoms with Crippen LogP contribution in [-0.4, -0.2) is 75.7 Å². The van der Waals surface area contributed by atoms with Gasteiger partial charge in [0.25, 0.3) is 0 Å². The van der Waals surface area contributed by atoms with Gasteiger partial charge in [-0.2, -0.15) is 0 Å². The zero-order chi connectivity index (χ0) is 20.0. The van der Waals surface area contributed by atoms with Crippen LogP contribution in [0.15, 0.2) is 4.99 Å². The highest BCUT2D eigenvalue weighted by Crippen LogP contribution is 2.33. The van der Waals surface area contributed by atoms with Gasteiger partial charge in [-0.1, -0.05) is 20.8 Å². The van der Waals surface area contributed by atoms with Gasteiger partial charge in [-0.3, -0.25) is 4.99 Å². The highest BCUT2D eigenvalue weighted by atomic mass is 16.5. The van der Waals surface area contributed by atoms with Crippen molar-refractivity contribution in [3.63, 3.8) is 0 Å². The molecule has 1 N–H and O–H groups in total. The van der Waals surface area contributed by atoms with Crippen LogP contribution in [0.1, 0.15) is 59.3 Å². The summed E-state index contributed by atoms with van der Waals surface area (Å²) in [6.45, 7) is 12.3. The van der Waals surface area contributed by atoms with Crippen LogP contribution in [0.5, 0.6) is 0 Å². The Morgan fingerprint density at radius 1 is 1.07 bits per heavy atom. The molecule has 3 aliphatic rings. The average Bonchev–Trinajstić information content (AvgIpc) is 3.21. The lowest BCUT2D eigenvalue weighted by Crippen LogP contribution is -2.50. The van der Waals surface area contributed by atoms with Crippen LogP contribution in [-0.2, 0) is 14.2 Å². The van der Waals surface area contributed by atoms with Crippen molar-refractivity contribution in [2.75, 3.05) is 46.5 Å². The third-order valence-corrected chi connectivity index (χ3v) is 6.32. The molecule has 162 valence electrons. The van der Waals surface area contributed by atoms with Crippen molar-refractivity contribution in [3.05, 3.63) is 0 Å². The topological polar surface area (TPSA) is 55.3 Å². The van der Waals surface area contributed by atoms with Gasteiger partial charge in [0.15, 0.2) is 5.96 Å². The summed E-state index contributed by atoms with van der Waals surface area (Å²) in [6, 6.07) is 0. The molecule has 0 bridgehead atoms. The highest BCUT2D eigenvalue weighted by Gasteiger charge is 2.35. The number of hydrogen-bond acceptors (Lipinski definition) is 4. The Morgan fingerprint density at radius 3 is 2.43 bits per heavy atom. The van der Waals surface area contributed by atoms with Crippen molar-refractivity contribution >= 4 is 5.96 Å². The van der Waals surface area contributed by atoms with Crippen LogP contribution in [0.25, 0.3) is 0 Å². The lowest BCUT2D eigenvalue weighted by Gasteiger charge is -2.41. The summed E-state index contributed by atoms with van der Waals surface area (Å²) in [7, 11) is 1.89. The van der Waals surface area contributed by atoms with Crippen LogP contribution < -0.4 is 5.32 Å². The molecule has 0 spiro atoms. The minimum atomic E-state index is 0.176. The van der Waals surface area contributed by atoms with Gasteiger partial charge in [0.1, 0.15) is 0 Å². The molecule has 0 aromatic carbocycles. The molecule has 0 amide bonds. The molecule has 6 heteroatoms. The highest BCUT2D eigenvalue weighted by molar-refractivity contribution is 5.80. The number of likely N-dealkylation sites (tertiary alicyclic amines) is 1. The molecule has 0 aliphatic carbocycles. The molecule has 3 heterocycles. The van der Waals surface area contributed by atoms with E-state index in [9.17, 15) is 0 Å². The molecule has 6 nitrogen and oxygen atoms in total. The molecule has 0 radical (unpaired) electrons. The first-order valence-corrected chi connectivity index (χ1v) is 11.3. The van der Waals surface area contributed by atoms with E-state index in [0.29, 0.717) is 24.2 Å². The SMILES string of the molecule is CN=C(NCC1CCCOC1C(C)(C)C)N1CCC(OCC2CCCO2)CC1. The third-order valence-electron chi connectivity index (χ3n) is 6.32. The maximum atomic E-state index is 6.13. The Bertz CT molecular complexity index is 492. The molecule has 0 aromatic rings. The largest absolute Gasteiger partial charge is 0.377 e. The van der Waals surface area contributed by atoms with E-state index in [1.165, 1.54) is 12.8 Å². The van der Waals surface area contributed by atoms with E-state index in [2.05, 4.69) is 36.0 Å². The summed E-state index contributed by atoms with van der Waals surface area (Å²) in [5.41, 5.74) is 0.176. The Labute approximate surface area is 171 Å². The summed E-state index contributed by atoms with van der Waals surface area (Å²) in [5.74, 6) is 1.56. The average molecular weight is 396 g/mol. The van der Waals surface area contributed by atoms with Gasteiger partial charge in [-0.25, -0.2) is 0 Å². The minimum Gasteiger partial charge on any atom is -0.377 e. The lowest BCUT2D eigenvalue weighted by atomic mass is 9.78. The zero-order valence-electron chi connectivity index (χ0n) is 18.4. The van der Waals surface area contributed by atoms with Crippen molar-refractivity contribution in [1.29, 1.82) is 0 Å². The number of guanidine groups is 1. The summed E-state index contributed by atoms with van der Waals surface area (Å²) >= 11 is 0. The number of aliphatic imine (C=N–C) groups is 1. The van der Waals surface area contributed by atoms with E-state index >= 15 is 0 Å². The Hall–Kier alpha value is -0.850. The number of rotatable bonds is 5. The van der Waals surface area contributed by atoms with Gasteiger partial charge in [0.2, 0.25) is 0 Å². The van der Waals surface area contributed by atoms with E-state index in [1.54, 1.807) is 0 Å². The number of nitrogens with zero attached hydrogens (tertiary/aromatic N) is 2. The quantitative estimate of drug-likeness (QED) is 0.573. The maximum absolute atomic E-state index is 6.13. The van der Waals surface area contributed by atoms with Crippen molar-refractivity contribution in [2.45, 2.75) is 77.6 Å². The van der Waals surface area contributed by atoms with E-state index in [4.69, 9.17) is 14.2 Å². The second kappa shape index (κ2) is 10.3. The third kappa shape index (κ3) is 6.07. The molecule has 3 fully saturated rings. The molecule has 3 unspecified atom stereocenters. The van der Waals surface area contributed by atoms with E-state index in [-0.39, 0.29) is 5.41 Å². The Kier molecular flexibility index (Phi) is 8.01. The van der Waals surface area contributed by atoms with Crippen LogP contribution in [0.4, 0.5) is 0 Å². The molecular weight excluding hydrogens is 354 g/mol. The van der Waals surface area contributed by atoms with E-state index in [0.717, 1.165) is 71.1 Å². The van der Waals surface area contributed by atoms with Crippen LogP contribution in [0.3, 0.4) is 0 Å². The predicted molar refractivity (Wildman–Crippen MR) is 113 cm³/mol. The van der Waals surface area contributed by atoms with E-state index in [1.807, 2.05) is 7.05 Å². The Balaban J connectivity index is 1.41. The first-order chi connectivity index (χ1) is 13.5. The van der Waals surface area contributed by atoms with Crippen LogP contribution in [0, 0.1) is 11.3 Å². The summed E-state index contributed by atoms with van der Waals surface area (Å²) in [5, 5.41) is 3.64. The molecule has 0 saturated carbocycles. The fourth-order valence-corrected chi connectivity index (χ4v) is 4.82. The minimum absolute atomic E-state index is 0.176. The summed E-state index contributed by atoms with van der Waals surface area (Å²) < 4.78 is 17.9. The normalized spacial score (nSPS) is 30.6. The maximum Gasteiger partial charge on any atom is 0.193 e. The van der Waals surface area contributed by atoms with Gasteiger partial charge in [-0.05, 0) is 43.9 Å². The molecule has 3 atom stereocenters. The van der Waals surface area contributed by atoms with E-state index < -0.39 is 0 Å². The smallest absolute Gasteiger partial charge is 0.193 e. The summed E-state index contributed by atoms with van der Waals surface area (Å²) in [4.78, 5) is 6.92. The fraction of sp³-hybridized carbons (Fsp3) is 0.955. The van der Waals surface area contributed by atoms with Gasteiger partial charge < -0.3 is 24.4 Å². The zero-order valence-corrected chi connectivity index (χ0v) is 18.4. The molecular formula is C22H41N3O3. The number of ether oxygens (including phenoxy) is 3. The molecule has 28 heavy (non-hydrogen) atoms. The van der Waals surface area contributed by atoms with Crippen molar-refractivity contribution in [3.8, 4) is 0 Å². The van der Waals surface area contributed by atoms with Crippen molar-refractivity contribution in [2.24, 2.45) is 16.3 Å². The first-order valence-electron chi connectivity index (χ1n) is 11.3. The number of piperidine rings is 1. The van der Waals surface area contributed by atoms with Crippen LogP contribution >= 0.6 is 0 Å². The second-order valence-corrected chi connectivity index (χ2v) is 9.64. The molecule has 3 saturated heterocycles. The second-order valence-electron chi connectivity index (χ2n) is 9.64. The fourth-order valence-electron chi connectivity index (χ4n) is 4.82. The molecule has 3 aliphatic heterocycles. The Morgan fingerprint density at radius 2 is 1.79 bits per heavy atom. The lowest BCUT2D eigenvalue weighted by molar-refractivity contribution is -0.0837. The molecule has 0 aromatic heterocycles. The first kappa shape index (κ1) is 21.8. The van der Waals surface area contributed by atoms with Crippen molar-refractivity contribution < 1.29 is 14.2 Å². The van der Waals surface area contributed by atoms with Gasteiger partial charge in [0, 0.05) is 45.8 Å². The van der Waals surface area contributed by atoms with Crippen LogP contribution in [0.2, 0.25) is 0 Å². The van der Waals surface area contributed by atoms with Gasteiger partial charge in [0.05, 0.1) is 24.9 Å². The number of hydrogen-bond donors (Lipinski definition) is 1. The van der Waals surface area contributed by atoms with Crippen molar-refractivity contribution in [1.82, 2.24) is 10.2 Å². The monoisotopic (exact) mass is 395 g/mol. The molecule has 3 rings (SSSR count). The standard InChI is InChI=1S/C22H41N3O3/c1-22(2,3)20-17(7-5-14-27-20)15-24-21(23-4)25-11-9-18(10-12-25)28-16-19-8-6-13-26-19/h17-20H,5-16H2,1-4H3,(H,23,24). The summed E-state index contributed by atoms with van der Waals surface area (Å²) in [6.07, 6.45) is 7.82. The van der Waals surface area contributed by atoms with Gasteiger partial charge >= 0.3 is 0 Å². The predicted octanol–water partition coefficient (Wildman–Crippen LogP) is 3.06. The van der Waals surface area contributed by atoms with Gasteiger partial charge in [-0.15, -0.1) is 0 Å².